The van der Waals surface area contributed by atoms with Gasteiger partial charge in [0.25, 0.3) is 5.56 Å². The van der Waals surface area contributed by atoms with Crippen molar-refractivity contribution in [3.8, 4) is 5.88 Å². The van der Waals surface area contributed by atoms with E-state index in [1.54, 1.807) is 6.92 Å². The summed E-state index contributed by atoms with van der Waals surface area (Å²) in [6.45, 7) is 1.64. The Balaban J connectivity index is 3.12. The van der Waals surface area contributed by atoms with Crippen LogP contribution >= 0.6 is 0 Å². The van der Waals surface area contributed by atoms with Gasteiger partial charge < -0.3 is 9.84 Å². The van der Waals surface area contributed by atoms with E-state index in [4.69, 9.17) is 0 Å². The first kappa shape index (κ1) is 13.0. The number of H-pyrrole nitrogens is 1. The summed E-state index contributed by atoms with van der Waals surface area (Å²) in [4.78, 5) is 35.8. The molecule has 1 heterocycles. The fourth-order valence-electron chi connectivity index (χ4n) is 1.43. The number of nitrogens with one attached hydrogen (secondary N) is 1. The van der Waals surface area contributed by atoms with Gasteiger partial charge in [-0.25, -0.2) is 4.79 Å². The smallest absolute Gasteiger partial charge is 0.331 e. The van der Waals surface area contributed by atoms with Crippen LogP contribution < -0.4 is 11.2 Å². The molecule has 2 N–H and O–H groups in total. The number of rotatable bonds is 4. The normalized spacial score (nSPS) is 10.2. The van der Waals surface area contributed by atoms with Gasteiger partial charge in [-0.05, 0) is 6.42 Å². The largest absolute Gasteiger partial charge is 0.494 e. The molecular weight excluding hydrogens is 228 g/mol. The third-order valence-corrected chi connectivity index (χ3v) is 2.39. The molecule has 0 aliphatic carbocycles. The standard InChI is InChI=1S/C10H14N2O5/c1-3-6-8(14)11-10(16)12(9(6)15)5-4-7(13)17-2/h15H,3-5H2,1-2H3,(H,11,14,16). The number of carbonyl (C=O) groups excluding carboxylic acids is 1. The Hall–Kier alpha value is -2.05. The molecule has 7 heteroatoms. The van der Waals surface area contributed by atoms with E-state index >= 15 is 0 Å². The maximum Gasteiger partial charge on any atom is 0.331 e. The molecule has 0 unspecified atom stereocenters. The van der Waals surface area contributed by atoms with Crippen LogP contribution in [-0.2, 0) is 22.5 Å². The summed E-state index contributed by atoms with van der Waals surface area (Å²) < 4.78 is 5.37. The molecule has 0 aliphatic rings. The lowest BCUT2D eigenvalue weighted by atomic mass is 10.2. The molecule has 0 saturated heterocycles. The van der Waals surface area contributed by atoms with Gasteiger partial charge >= 0.3 is 11.7 Å². The minimum absolute atomic E-state index is 0.0406. The third-order valence-electron chi connectivity index (χ3n) is 2.39. The number of nitrogens with zero attached hydrogens (tertiary/aromatic N) is 1. The van der Waals surface area contributed by atoms with Crippen LogP contribution in [0.25, 0.3) is 0 Å². The van der Waals surface area contributed by atoms with Crippen molar-refractivity contribution in [2.24, 2.45) is 0 Å². The van der Waals surface area contributed by atoms with Crippen LogP contribution in [0.4, 0.5) is 0 Å². The molecule has 0 saturated carbocycles. The summed E-state index contributed by atoms with van der Waals surface area (Å²) in [5, 5.41) is 9.73. The number of aromatic nitrogens is 2. The predicted octanol–water partition coefficient (Wildman–Crippen LogP) is -0.632. The summed E-state index contributed by atoms with van der Waals surface area (Å²) in [6, 6.07) is 0. The van der Waals surface area contributed by atoms with Gasteiger partial charge in [0, 0.05) is 6.54 Å². The van der Waals surface area contributed by atoms with Crippen molar-refractivity contribution < 1.29 is 14.6 Å². The number of hydrogen-bond acceptors (Lipinski definition) is 5. The second-order valence-corrected chi connectivity index (χ2v) is 3.39. The van der Waals surface area contributed by atoms with Crippen molar-refractivity contribution in [2.75, 3.05) is 7.11 Å². The Bertz CT molecular complexity index is 528. The summed E-state index contributed by atoms with van der Waals surface area (Å²) >= 11 is 0. The molecule has 0 bridgehead atoms. The lowest BCUT2D eigenvalue weighted by Gasteiger charge is -2.09. The minimum Gasteiger partial charge on any atom is -0.494 e. The van der Waals surface area contributed by atoms with Crippen LogP contribution in [0.1, 0.15) is 18.9 Å². The van der Waals surface area contributed by atoms with Gasteiger partial charge in [-0.3, -0.25) is 19.1 Å². The highest BCUT2D eigenvalue weighted by Crippen LogP contribution is 2.10. The molecule has 0 aliphatic heterocycles. The first-order valence-corrected chi connectivity index (χ1v) is 5.13. The molecule has 0 spiro atoms. The number of aromatic hydroxyl groups is 1. The molecule has 1 rings (SSSR count). The van der Waals surface area contributed by atoms with Gasteiger partial charge in [0.2, 0.25) is 5.88 Å². The first-order chi connectivity index (χ1) is 8.01. The van der Waals surface area contributed by atoms with Crippen molar-refractivity contribution in [2.45, 2.75) is 26.3 Å². The first-order valence-electron chi connectivity index (χ1n) is 5.13. The van der Waals surface area contributed by atoms with E-state index < -0.39 is 23.1 Å². The Morgan fingerprint density at radius 1 is 1.47 bits per heavy atom. The van der Waals surface area contributed by atoms with E-state index in [1.807, 2.05) is 0 Å². The van der Waals surface area contributed by atoms with Gasteiger partial charge in [0.1, 0.15) is 0 Å². The Labute approximate surface area is 96.7 Å². The predicted molar refractivity (Wildman–Crippen MR) is 59.0 cm³/mol. The van der Waals surface area contributed by atoms with Gasteiger partial charge in [0.05, 0.1) is 19.1 Å². The minimum atomic E-state index is -0.742. The molecule has 0 amide bonds. The molecule has 1 aromatic rings. The second kappa shape index (κ2) is 5.33. The van der Waals surface area contributed by atoms with Crippen molar-refractivity contribution >= 4 is 5.97 Å². The van der Waals surface area contributed by atoms with Crippen LogP contribution in [0, 0.1) is 0 Å². The molecule has 0 atom stereocenters. The molecule has 0 fully saturated rings. The topological polar surface area (TPSA) is 101 Å². The van der Waals surface area contributed by atoms with Crippen molar-refractivity contribution in [1.82, 2.24) is 9.55 Å². The second-order valence-electron chi connectivity index (χ2n) is 3.39. The number of aromatic amines is 1. The fraction of sp³-hybridized carbons (Fsp3) is 0.500. The fourth-order valence-corrected chi connectivity index (χ4v) is 1.43. The lowest BCUT2D eigenvalue weighted by Crippen LogP contribution is -2.32. The Morgan fingerprint density at radius 2 is 2.12 bits per heavy atom. The molecule has 7 nitrogen and oxygen atoms in total. The number of hydrogen-bond donors (Lipinski definition) is 2. The summed E-state index contributed by atoms with van der Waals surface area (Å²) in [7, 11) is 1.23. The molecule has 0 aromatic carbocycles. The van der Waals surface area contributed by atoms with Crippen molar-refractivity contribution in [3.05, 3.63) is 26.4 Å². The Morgan fingerprint density at radius 3 is 2.65 bits per heavy atom. The van der Waals surface area contributed by atoms with Crippen molar-refractivity contribution in [1.29, 1.82) is 0 Å². The molecule has 0 radical (unpaired) electrons. The van der Waals surface area contributed by atoms with Gasteiger partial charge in [-0.15, -0.1) is 0 Å². The van der Waals surface area contributed by atoms with Crippen molar-refractivity contribution in [3.63, 3.8) is 0 Å². The van der Waals surface area contributed by atoms with Crippen LogP contribution in [-0.4, -0.2) is 27.7 Å². The van der Waals surface area contributed by atoms with E-state index in [2.05, 4.69) is 9.72 Å². The Kier molecular flexibility index (Phi) is 4.08. The van der Waals surface area contributed by atoms with E-state index in [0.29, 0.717) is 6.42 Å². The molecule has 1 aromatic heterocycles. The van der Waals surface area contributed by atoms with E-state index in [9.17, 15) is 19.5 Å². The van der Waals surface area contributed by atoms with Gasteiger partial charge in [-0.2, -0.15) is 0 Å². The highest BCUT2D eigenvalue weighted by atomic mass is 16.5. The maximum atomic E-state index is 11.4. The SMILES string of the molecule is CCc1c(O)n(CCC(=O)OC)c(=O)[nH]c1=O. The van der Waals surface area contributed by atoms with Crippen LogP contribution in [0.5, 0.6) is 5.88 Å². The molecule has 17 heavy (non-hydrogen) atoms. The summed E-state index contributed by atoms with van der Waals surface area (Å²) in [5.74, 6) is -0.897. The maximum absolute atomic E-state index is 11.4. The highest BCUT2D eigenvalue weighted by molar-refractivity contribution is 5.69. The van der Waals surface area contributed by atoms with E-state index in [-0.39, 0.29) is 18.5 Å². The van der Waals surface area contributed by atoms with Gasteiger partial charge in [-0.1, -0.05) is 6.92 Å². The molecule has 94 valence electrons. The number of carbonyl (C=O) groups is 1. The van der Waals surface area contributed by atoms with Crippen LogP contribution in [0.3, 0.4) is 0 Å². The van der Waals surface area contributed by atoms with E-state index in [0.717, 1.165) is 4.57 Å². The quantitative estimate of drug-likeness (QED) is 0.684. The van der Waals surface area contributed by atoms with Crippen LogP contribution in [0.15, 0.2) is 9.59 Å². The van der Waals surface area contributed by atoms with E-state index in [1.165, 1.54) is 7.11 Å². The zero-order chi connectivity index (χ0) is 13.0. The number of methoxy groups -OCH3 is 1. The van der Waals surface area contributed by atoms with Crippen LogP contribution in [0.2, 0.25) is 0 Å². The lowest BCUT2D eigenvalue weighted by molar-refractivity contribution is -0.140. The molecular formula is C10H14N2O5. The third kappa shape index (κ3) is 2.74. The number of ether oxygens (including phenoxy) is 1. The zero-order valence-electron chi connectivity index (χ0n) is 9.65. The average Bonchev–Trinajstić information content (AvgIpc) is 2.28. The summed E-state index contributed by atoms with van der Waals surface area (Å²) in [5.41, 5.74) is -1.23. The summed E-state index contributed by atoms with van der Waals surface area (Å²) in [6.07, 6.45) is 0.235. The zero-order valence-corrected chi connectivity index (χ0v) is 9.65. The average molecular weight is 242 g/mol. The van der Waals surface area contributed by atoms with Gasteiger partial charge in [0.15, 0.2) is 0 Å². The monoisotopic (exact) mass is 242 g/mol. The number of esters is 1. The highest BCUT2D eigenvalue weighted by Gasteiger charge is 2.13.